The minimum absolute atomic E-state index is 0.0626. The highest BCUT2D eigenvalue weighted by atomic mass is 16.6. The van der Waals surface area contributed by atoms with E-state index in [1.807, 2.05) is 12.1 Å². The summed E-state index contributed by atoms with van der Waals surface area (Å²) >= 11 is 0. The minimum Gasteiger partial charge on any atom is -0.497 e. The average Bonchev–Trinajstić information content (AvgIpc) is 3.34. The first-order valence-corrected chi connectivity index (χ1v) is 11.7. The van der Waals surface area contributed by atoms with Crippen LogP contribution < -0.4 is 10.1 Å². The molecular weight excluding hydrogens is 402 g/mol. The Balaban J connectivity index is 1.84. The summed E-state index contributed by atoms with van der Waals surface area (Å²) in [5, 5.41) is 9.63. The van der Waals surface area contributed by atoms with Crippen LogP contribution in [0.4, 0.5) is 0 Å². The first-order chi connectivity index (χ1) is 15.5. The molecule has 1 atom stereocenters. The molecule has 1 unspecified atom stereocenters. The molecule has 1 aliphatic rings. The molecule has 0 aliphatic heterocycles. The third-order valence-electron chi connectivity index (χ3n) is 6.41. The molecule has 2 aromatic carbocycles. The molecule has 0 aromatic heterocycles. The summed E-state index contributed by atoms with van der Waals surface area (Å²) in [4.78, 5) is 19.3. The summed E-state index contributed by atoms with van der Waals surface area (Å²) in [6.45, 7) is 5.47. The Labute approximate surface area is 191 Å². The molecule has 32 heavy (non-hydrogen) atoms. The summed E-state index contributed by atoms with van der Waals surface area (Å²) in [6, 6.07) is 13.2. The first-order valence-electron chi connectivity index (χ1n) is 11.7. The number of hydrogen-bond donors (Lipinski definition) is 1. The lowest BCUT2D eigenvalue weighted by Gasteiger charge is -2.29. The van der Waals surface area contributed by atoms with E-state index in [0.717, 1.165) is 40.8 Å². The Morgan fingerprint density at radius 2 is 1.91 bits per heavy atom. The predicted molar refractivity (Wildman–Crippen MR) is 130 cm³/mol. The van der Waals surface area contributed by atoms with Gasteiger partial charge in [-0.2, -0.15) is 0 Å². The van der Waals surface area contributed by atoms with Crippen molar-refractivity contribution in [2.24, 2.45) is 11.1 Å². The van der Waals surface area contributed by atoms with Crippen LogP contribution >= 0.6 is 0 Å². The Morgan fingerprint density at radius 3 is 2.59 bits per heavy atom. The number of carbonyl (C=O) groups is 1. The van der Waals surface area contributed by atoms with Crippen molar-refractivity contribution in [3.8, 4) is 5.75 Å². The third-order valence-corrected chi connectivity index (χ3v) is 6.41. The van der Waals surface area contributed by atoms with E-state index >= 15 is 0 Å². The molecule has 0 heterocycles. The van der Waals surface area contributed by atoms with E-state index in [4.69, 9.17) is 9.57 Å². The molecule has 1 aliphatic carbocycles. The van der Waals surface area contributed by atoms with Gasteiger partial charge in [0.15, 0.2) is 0 Å². The summed E-state index contributed by atoms with van der Waals surface area (Å²) in [5.74, 6) is 1.05. The van der Waals surface area contributed by atoms with Crippen molar-refractivity contribution in [1.82, 2.24) is 10.2 Å². The van der Waals surface area contributed by atoms with Gasteiger partial charge in [-0.15, -0.1) is 0 Å². The maximum absolute atomic E-state index is 11.1. The molecule has 2 aromatic rings. The molecule has 1 saturated carbocycles. The smallest absolute Gasteiger partial charge is 0.216 e. The normalized spacial score (nSPS) is 15.8. The van der Waals surface area contributed by atoms with Crippen molar-refractivity contribution in [1.29, 1.82) is 0 Å². The molecule has 6 nitrogen and oxygen atoms in total. The van der Waals surface area contributed by atoms with Crippen molar-refractivity contribution in [2.45, 2.75) is 52.0 Å². The fourth-order valence-corrected chi connectivity index (χ4v) is 4.51. The number of ether oxygens (including phenoxy) is 1. The standard InChI is InChI=1S/C26H37N3O3/c1-5-20(18-29(3)24-8-6-7-9-24)26(28-32-15-14-27-19(2)30)23-11-10-22-17-25(31-4)13-12-21(22)16-23/h10-13,16-17,20,24H,5-9,14-15,18H2,1-4H3,(H,27,30)/b28-26+. The number of rotatable bonds is 11. The fraction of sp³-hybridized carbons (Fsp3) is 0.538. The maximum atomic E-state index is 11.1. The SMILES string of the molecule is CCC(CN(C)C1CCCC1)/C(=N\OCCNC(C)=O)c1ccc2cc(OC)ccc2c1. The summed E-state index contributed by atoms with van der Waals surface area (Å²) < 4.78 is 5.36. The molecule has 0 bridgehead atoms. The van der Waals surface area contributed by atoms with E-state index < -0.39 is 0 Å². The molecule has 0 saturated heterocycles. The Morgan fingerprint density at radius 1 is 1.19 bits per heavy atom. The minimum atomic E-state index is -0.0626. The quantitative estimate of drug-likeness (QED) is 0.316. The molecule has 1 N–H and O–H groups in total. The highest BCUT2D eigenvalue weighted by Crippen LogP contribution is 2.27. The van der Waals surface area contributed by atoms with Crippen molar-refractivity contribution in [2.75, 3.05) is 33.9 Å². The first kappa shape index (κ1) is 24.1. The molecule has 0 radical (unpaired) electrons. The van der Waals surface area contributed by atoms with E-state index in [0.29, 0.717) is 19.2 Å². The zero-order valence-corrected chi connectivity index (χ0v) is 19.9. The van der Waals surface area contributed by atoms with Crippen molar-refractivity contribution < 1.29 is 14.4 Å². The summed E-state index contributed by atoms with van der Waals surface area (Å²) in [5.41, 5.74) is 2.05. The topological polar surface area (TPSA) is 63.2 Å². The Bertz CT molecular complexity index is 922. The van der Waals surface area contributed by atoms with Crippen molar-refractivity contribution >= 4 is 22.4 Å². The van der Waals surface area contributed by atoms with E-state index in [1.165, 1.54) is 32.6 Å². The van der Waals surface area contributed by atoms with Crippen molar-refractivity contribution in [3.05, 3.63) is 42.0 Å². The van der Waals surface area contributed by atoms with Crippen LogP contribution in [-0.4, -0.2) is 56.4 Å². The molecule has 6 heteroatoms. The van der Waals surface area contributed by atoms with Gasteiger partial charge in [-0.25, -0.2) is 0 Å². The molecule has 1 amide bonds. The molecular formula is C26H37N3O3. The average molecular weight is 440 g/mol. The fourth-order valence-electron chi connectivity index (χ4n) is 4.51. The largest absolute Gasteiger partial charge is 0.497 e. The number of hydrogen-bond acceptors (Lipinski definition) is 5. The van der Waals surface area contributed by atoms with Crippen LogP contribution in [0, 0.1) is 5.92 Å². The number of fused-ring (bicyclic) bond motifs is 1. The lowest BCUT2D eigenvalue weighted by molar-refractivity contribution is -0.119. The van der Waals surface area contributed by atoms with Crippen LogP contribution in [0.3, 0.4) is 0 Å². The number of oxime groups is 1. The molecule has 0 spiro atoms. The zero-order chi connectivity index (χ0) is 22.9. The second-order valence-electron chi connectivity index (χ2n) is 8.70. The second kappa shape index (κ2) is 11.9. The zero-order valence-electron chi connectivity index (χ0n) is 19.9. The van der Waals surface area contributed by atoms with Crippen LogP contribution in [0.1, 0.15) is 51.5 Å². The van der Waals surface area contributed by atoms with Crippen molar-refractivity contribution in [3.63, 3.8) is 0 Å². The number of nitrogens with one attached hydrogen (secondary N) is 1. The second-order valence-corrected chi connectivity index (χ2v) is 8.70. The van der Waals surface area contributed by atoms with Crippen LogP contribution in [0.2, 0.25) is 0 Å². The van der Waals surface area contributed by atoms with E-state index in [1.54, 1.807) is 7.11 Å². The Hall–Kier alpha value is -2.60. The van der Waals surface area contributed by atoms with Gasteiger partial charge in [0.05, 0.1) is 19.4 Å². The molecule has 1 fully saturated rings. The van der Waals surface area contributed by atoms with Gasteiger partial charge in [0, 0.05) is 31.0 Å². The van der Waals surface area contributed by atoms with E-state index in [-0.39, 0.29) is 11.8 Å². The van der Waals surface area contributed by atoms with Gasteiger partial charge in [0.2, 0.25) is 5.91 Å². The highest BCUT2D eigenvalue weighted by molar-refractivity contribution is 6.04. The number of carbonyl (C=O) groups excluding carboxylic acids is 1. The van der Waals surface area contributed by atoms with Gasteiger partial charge in [0.1, 0.15) is 12.4 Å². The van der Waals surface area contributed by atoms with Gasteiger partial charge < -0.3 is 19.8 Å². The summed E-state index contributed by atoms with van der Waals surface area (Å²) in [7, 11) is 3.92. The summed E-state index contributed by atoms with van der Waals surface area (Å²) in [6.07, 6.45) is 6.20. The van der Waals surface area contributed by atoms with Crippen LogP contribution in [0.15, 0.2) is 41.6 Å². The molecule has 3 rings (SSSR count). The number of benzene rings is 2. The number of methoxy groups -OCH3 is 1. The predicted octanol–water partition coefficient (Wildman–Crippen LogP) is 4.61. The molecule has 174 valence electrons. The maximum Gasteiger partial charge on any atom is 0.216 e. The van der Waals surface area contributed by atoms with Gasteiger partial charge >= 0.3 is 0 Å². The van der Waals surface area contributed by atoms with Gasteiger partial charge in [0.25, 0.3) is 0 Å². The lowest BCUT2D eigenvalue weighted by atomic mass is 9.92. The van der Waals surface area contributed by atoms with Crippen LogP contribution in [0.5, 0.6) is 5.75 Å². The van der Waals surface area contributed by atoms with E-state index in [9.17, 15) is 4.79 Å². The number of nitrogens with zero attached hydrogens (tertiary/aromatic N) is 2. The highest BCUT2D eigenvalue weighted by Gasteiger charge is 2.25. The van der Waals surface area contributed by atoms with Gasteiger partial charge in [-0.3, -0.25) is 4.79 Å². The van der Waals surface area contributed by atoms with Crippen LogP contribution in [-0.2, 0) is 9.63 Å². The van der Waals surface area contributed by atoms with E-state index in [2.05, 4.69) is 53.6 Å². The lowest BCUT2D eigenvalue weighted by Crippen LogP contribution is -2.36. The van der Waals surface area contributed by atoms with Gasteiger partial charge in [-0.05, 0) is 55.3 Å². The third kappa shape index (κ3) is 6.45. The number of amides is 1. The Kier molecular flexibility index (Phi) is 8.91. The monoisotopic (exact) mass is 439 g/mol. The van der Waals surface area contributed by atoms with Crippen LogP contribution in [0.25, 0.3) is 10.8 Å². The van der Waals surface area contributed by atoms with Gasteiger partial charge in [-0.1, -0.05) is 43.1 Å².